The first-order valence-corrected chi connectivity index (χ1v) is 17.5. The van der Waals surface area contributed by atoms with E-state index in [1.165, 1.54) is 28.2 Å². The normalized spacial score (nSPS) is 10.5. The van der Waals surface area contributed by atoms with Crippen LogP contribution in [0.1, 0.15) is 135 Å². The quantitative estimate of drug-likeness (QED) is 0.121. The van der Waals surface area contributed by atoms with Gasteiger partial charge < -0.3 is 25.0 Å². The second kappa shape index (κ2) is 38.7. The van der Waals surface area contributed by atoms with E-state index >= 15 is 0 Å². The summed E-state index contributed by atoms with van der Waals surface area (Å²) >= 11 is 0. The van der Waals surface area contributed by atoms with Crippen LogP contribution in [-0.2, 0) is 30.4 Å². The van der Waals surface area contributed by atoms with E-state index < -0.39 is 23.8 Å². The van der Waals surface area contributed by atoms with E-state index in [1.807, 2.05) is 54.4 Å². The minimum absolute atomic E-state index is 0. The molecule has 0 bridgehead atoms. The Bertz CT molecular complexity index is 1030. The topological polar surface area (TPSA) is 124 Å². The number of allylic oxidation sites excluding steroid dienone is 3. The third-order valence-corrected chi connectivity index (χ3v) is 6.10. The minimum Gasteiger partial charge on any atom is -0.480 e. The molecule has 0 heterocycles. The third-order valence-electron chi connectivity index (χ3n) is 6.10. The van der Waals surface area contributed by atoms with Crippen LogP contribution in [0.2, 0.25) is 0 Å². The molecular formula is C40H75N3O6. The van der Waals surface area contributed by atoms with Gasteiger partial charge in [0.05, 0.1) is 0 Å². The fourth-order valence-electron chi connectivity index (χ4n) is 3.93. The zero-order valence-corrected chi connectivity index (χ0v) is 33.2. The molecule has 1 aromatic carbocycles. The molecule has 0 aliphatic rings. The number of nitrogens with one attached hydrogen (secondary N) is 1. The lowest BCUT2D eigenvalue weighted by molar-refractivity contribution is -0.146. The van der Waals surface area contributed by atoms with Crippen LogP contribution in [0.15, 0.2) is 47.6 Å². The lowest BCUT2D eigenvalue weighted by Gasteiger charge is -2.24. The summed E-state index contributed by atoms with van der Waals surface area (Å²) in [6, 6.07) is 5.78. The lowest BCUT2D eigenvalue weighted by Crippen LogP contribution is -2.48. The van der Waals surface area contributed by atoms with Crippen LogP contribution in [0.3, 0.4) is 0 Å². The summed E-state index contributed by atoms with van der Waals surface area (Å²) in [6.07, 6.45) is 8.37. The monoisotopic (exact) mass is 694 g/mol. The van der Waals surface area contributed by atoms with Crippen LogP contribution in [0, 0.1) is 5.92 Å². The number of carboxylic acids is 1. The first-order valence-electron chi connectivity index (χ1n) is 17.5. The molecule has 0 fully saturated rings. The van der Waals surface area contributed by atoms with Crippen LogP contribution in [0.5, 0.6) is 0 Å². The SMILES string of the molecule is C.C=O.CC.CC.CC/C=C(\C)C(=O)N(C)c1ccc(CC(NC(=O)C(CC)C(=O)N(C)CCC)C(=O)O)cc1.CCC.CCC=C(C)C. The maximum atomic E-state index is 12.7. The Hall–Kier alpha value is -3.75. The van der Waals surface area contributed by atoms with Gasteiger partial charge in [0.2, 0.25) is 11.8 Å². The summed E-state index contributed by atoms with van der Waals surface area (Å²) in [5.41, 5.74) is 3.44. The summed E-state index contributed by atoms with van der Waals surface area (Å²) < 4.78 is 0. The predicted octanol–water partition coefficient (Wildman–Crippen LogP) is 9.29. The van der Waals surface area contributed by atoms with Crippen molar-refractivity contribution in [2.75, 3.05) is 25.5 Å². The molecule has 2 atom stereocenters. The van der Waals surface area contributed by atoms with E-state index in [0.717, 1.165) is 12.8 Å². The highest BCUT2D eigenvalue weighted by molar-refractivity contribution is 6.04. The summed E-state index contributed by atoms with van der Waals surface area (Å²) in [7, 11) is 3.32. The van der Waals surface area contributed by atoms with Crippen molar-refractivity contribution >= 4 is 36.2 Å². The number of carboxylic acid groups (broad SMARTS) is 1. The smallest absolute Gasteiger partial charge is 0.326 e. The lowest BCUT2D eigenvalue weighted by atomic mass is 10.0. The van der Waals surface area contributed by atoms with Crippen LogP contribution in [0.4, 0.5) is 5.69 Å². The molecule has 286 valence electrons. The maximum absolute atomic E-state index is 12.7. The molecule has 0 saturated heterocycles. The van der Waals surface area contributed by atoms with E-state index in [1.54, 1.807) is 52.2 Å². The summed E-state index contributed by atoms with van der Waals surface area (Å²) in [6.45, 7) is 28.6. The fraction of sp³-hybridized carbons (Fsp3) is 0.625. The average molecular weight is 694 g/mol. The highest BCUT2D eigenvalue weighted by Crippen LogP contribution is 2.18. The molecule has 3 amide bonds. The van der Waals surface area contributed by atoms with E-state index in [4.69, 9.17) is 4.79 Å². The summed E-state index contributed by atoms with van der Waals surface area (Å²) in [5.74, 6) is -3.11. The third kappa shape index (κ3) is 27.9. The van der Waals surface area contributed by atoms with Crippen LogP contribution < -0.4 is 10.2 Å². The van der Waals surface area contributed by atoms with E-state index in [9.17, 15) is 24.3 Å². The Morgan fingerprint density at radius 2 is 1.29 bits per heavy atom. The van der Waals surface area contributed by atoms with E-state index in [-0.39, 0.29) is 32.1 Å². The van der Waals surface area contributed by atoms with E-state index in [2.05, 4.69) is 46.0 Å². The molecule has 9 heteroatoms. The van der Waals surface area contributed by atoms with Crippen LogP contribution >= 0.6 is 0 Å². The molecule has 0 aliphatic carbocycles. The van der Waals surface area contributed by atoms with Gasteiger partial charge >= 0.3 is 5.97 Å². The first kappa shape index (κ1) is 57.5. The molecule has 0 spiro atoms. The zero-order chi connectivity index (χ0) is 38.8. The van der Waals surface area contributed by atoms with Gasteiger partial charge in [-0.05, 0) is 64.2 Å². The Morgan fingerprint density at radius 3 is 1.61 bits per heavy atom. The van der Waals surface area contributed by atoms with Gasteiger partial charge in [0, 0.05) is 38.3 Å². The van der Waals surface area contributed by atoms with Gasteiger partial charge in [-0.25, -0.2) is 4.79 Å². The second-order valence-corrected chi connectivity index (χ2v) is 10.5. The first-order chi connectivity index (χ1) is 22.7. The molecule has 9 nitrogen and oxygen atoms in total. The van der Waals surface area contributed by atoms with Gasteiger partial charge in [-0.15, -0.1) is 0 Å². The number of benzene rings is 1. The summed E-state index contributed by atoms with van der Waals surface area (Å²) in [4.78, 5) is 60.5. The molecule has 1 rings (SSSR count). The molecule has 2 unspecified atom stereocenters. The average Bonchev–Trinajstić information content (AvgIpc) is 3.08. The molecule has 49 heavy (non-hydrogen) atoms. The number of nitrogens with zero attached hydrogens (tertiary/aromatic N) is 2. The molecule has 2 N–H and O–H groups in total. The maximum Gasteiger partial charge on any atom is 0.326 e. The van der Waals surface area contributed by atoms with E-state index in [0.29, 0.717) is 23.4 Å². The minimum atomic E-state index is -1.18. The largest absolute Gasteiger partial charge is 0.480 e. The van der Waals surface area contributed by atoms with Crippen molar-refractivity contribution in [1.29, 1.82) is 0 Å². The molecule has 0 radical (unpaired) electrons. The van der Waals surface area contributed by atoms with Crippen molar-refractivity contribution in [2.24, 2.45) is 5.92 Å². The zero-order valence-electron chi connectivity index (χ0n) is 33.2. The standard InChI is InChI=1S/C25H37N3O5.C6H12.C3H8.2C2H6.CH2O.CH4/c1-7-10-17(4)23(30)28(6)19-13-11-18(12-14-19)16-21(25(32)33)26-22(29)20(9-3)24(31)27(5)15-8-2;1-4-5-6(2)3;1-3-2;3*1-2;/h10-14,20-21H,7-9,15-16H2,1-6H3,(H,26,29)(H,32,33);5H,4H2,1-3H3;3H2,1-2H3;2*1-2H3;1H2;1H4/b17-10+;;;;;;. The Morgan fingerprint density at radius 1 is 0.837 bits per heavy atom. The Balaban J connectivity index is -0.000000246. The molecule has 0 aliphatic heterocycles. The van der Waals surface area contributed by atoms with Crippen molar-refractivity contribution in [2.45, 2.75) is 142 Å². The molecule has 0 aromatic heterocycles. The Labute approximate surface area is 301 Å². The molecule has 0 saturated carbocycles. The highest BCUT2D eigenvalue weighted by atomic mass is 16.4. The number of carbonyl (C=O) groups excluding carboxylic acids is 4. The van der Waals surface area contributed by atoms with Crippen molar-refractivity contribution < 1.29 is 29.1 Å². The number of carbonyl (C=O) groups is 5. The number of aliphatic carboxylic acids is 1. The van der Waals surface area contributed by atoms with Gasteiger partial charge in [0.1, 0.15) is 18.7 Å². The number of anilines is 1. The number of hydrogen-bond donors (Lipinski definition) is 2. The van der Waals surface area contributed by atoms with Gasteiger partial charge in [0.15, 0.2) is 0 Å². The highest BCUT2D eigenvalue weighted by Gasteiger charge is 2.30. The van der Waals surface area contributed by atoms with Gasteiger partial charge in [0.25, 0.3) is 5.91 Å². The fourth-order valence-corrected chi connectivity index (χ4v) is 3.93. The number of rotatable bonds is 13. The van der Waals surface area contributed by atoms with Gasteiger partial charge in [-0.1, -0.05) is 113 Å². The number of amides is 3. The van der Waals surface area contributed by atoms with Crippen LogP contribution in [0.25, 0.3) is 0 Å². The number of likely N-dealkylation sites (N-methyl/N-ethyl adjacent to an activating group) is 1. The number of hydrogen-bond acceptors (Lipinski definition) is 5. The molecule has 1 aromatic rings. The van der Waals surface area contributed by atoms with Crippen molar-refractivity contribution in [1.82, 2.24) is 10.2 Å². The van der Waals surface area contributed by atoms with Gasteiger partial charge in [-0.2, -0.15) is 0 Å². The van der Waals surface area contributed by atoms with Crippen molar-refractivity contribution in [3.05, 3.63) is 53.1 Å². The summed E-state index contributed by atoms with van der Waals surface area (Å²) in [5, 5.41) is 12.1. The van der Waals surface area contributed by atoms with Gasteiger partial charge in [-0.3, -0.25) is 14.4 Å². The second-order valence-electron chi connectivity index (χ2n) is 10.5. The van der Waals surface area contributed by atoms with Crippen molar-refractivity contribution in [3.8, 4) is 0 Å². The predicted molar refractivity (Wildman–Crippen MR) is 211 cm³/mol. The molecular weight excluding hydrogens is 618 g/mol. The van der Waals surface area contributed by atoms with Crippen molar-refractivity contribution in [3.63, 3.8) is 0 Å². The Kier molecular flexibility index (Phi) is 45.4. The van der Waals surface area contributed by atoms with Crippen LogP contribution in [-0.4, -0.2) is 67.2 Å².